The van der Waals surface area contributed by atoms with E-state index >= 15 is 0 Å². The van der Waals surface area contributed by atoms with Crippen LogP contribution in [-0.4, -0.2) is 23.7 Å². The van der Waals surface area contributed by atoms with Crippen LogP contribution in [0.4, 0.5) is 13.2 Å². The maximum atomic E-state index is 13.0. The normalized spacial score (nSPS) is 15.6. The molecule has 1 heterocycles. The summed E-state index contributed by atoms with van der Waals surface area (Å²) < 4.78 is 66.0. The van der Waals surface area contributed by atoms with E-state index in [0.29, 0.717) is 24.5 Å². The van der Waals surface area contributed by atoms with E-state index in [2.05, 4.69) is 4.98 Å². The van der Waals surface area contributed by atoms with Crippen LogP contribution in [0, 0.1) is 0 Å². The van der Waals surface area contributed by atoms with Crippen molar-refractivity contribution >= 4 is 21.6 Å². The van der Waals surface area contributed by atoms with Crippen molar-refractivity contribution in [1.29, 1.82) is 0 Å². The molecular formula is C16H14ClF3N2O2S. The van der Waals surface area contributed by atoms with Gasteiger partial charge in [0.2, 0.25) is 10.0 Å². The Labute approximate surface area is 148 Å². The maximum Gasteiger partial charge on any atom is 0.416 e. The van der Waals surface area contributed by atoms with Gasteiger partial charge in [0.1, 0.15) is 4.90 Å². The van der Waals surface area contributed by atoms with Crippen LogP contribution in [0.5, 0.6) is 0 Å². The summed E-state index contributed by atoms with van der Waals surface area (Å²) in [6.07, 6.45) is -0.240. The second-order valence-corrected chi connectivity index (χ2v) is 8.05. The molecule has 1 aliphatic carbocycles. The van der Waals surface area contributed by atoms with Crippen molar-refractivity contribution in [2.75, 3.05) is 0 Å². The predicted octanol–water partition coefficient (Wildman–Crippen LogP) is 4.11. The number of sulfonamides is 1. The van der Waals surface area contributed by atoms with Gasteiger partial charge in [0.25, 0.3) is 0 Å². The number of alkyl halides is 3. The highest BCUT2D eigenvalue weighted by Crippen LogP contribution is 2.38. The Hall–Kier alpha value is -1.64. The minimum absolute atomic E-state index is 0.0351. The molecular weight excluding hydrogens is 377 g/mol. The lowest BCUT2D eigenvalue weighted by Gasteiger charge is -2.23. The Bertz CT molecular complexity index is 869. The van der Waals surface area contributed by atoms with E-state index < -0.39 is 26.7 Å². The standard InChI is InChI=1S/C16H14ClF3N2O2S/c17-14-6-3-12(16(18,19)20)8-15(14)25(23,24)22(13-4-5-13)10-11-2-1-7-21-9-11/h1-3,6-9,13H,4-5,10H2. The first-order valence-electron chi connectivity index (χ1n) is 7.47. The number of pyridine rings is 1. The smallest absolute Gasteiger partial charge is 0.264 e. The second-order valence-electron chi connectivity index (χ2n) is 5.79. The zero-order chi connectivity index (χ0) is 18.2. The first kappa shape index (κ1) is 18.2. The quantitative estimate of drug-likeness (QED) is 0.772. The van der Waals surface area contributed by atoms with Crippen LogP contribution in [0.15, 0.2) is 47.6 Å². The molecule has 9 heteroatoms. The van der Waals surface area contributed by atoms with Gasteiger partial charge in [-0.2, -0.15) is 17.5 Å². The third kappa shape index (κ3) is 3.96. The Kier molecular flexibility index (Phi) is 4.78. The van der Waals surface area contributed by atoms with E-state index in [-0.39, 0.29) is 17.6 Å². The van der Waals surface area contributed by atoms with Gasteiger partial charge in [-0.05, 0) is 42.7 Å². The summed E-state index contributed by atoms with van der Waals surface area (Å²) in [5.74, 6) is 0. The van der Waals surface area contributed by atoms with Crippen molar-refractivity contribution in [3.05, 3.63) is 58.9 Å². The van der Waals surface area contributed by atoms with Crippen molar-refractivity contribution in [1.82, 2.24) is 9.29 Å². The number of aromatic nitrogens is 1. The topological polar surface area (TPSA) is 50.3 Å². The molecule has 0 unspecified atom stereocenters. The molecule has 0 bridgehead atoms. The van der Waals surface area contributed by atoms with E-state index in [1.165, 1.54) is 10.5 Å². The van der Waals surface area contributed by atoms with Crippen molar-refractivity contribution in [2.24, 2.45) is 0 Å². The van der Waals surface area contributed by atoms with Gasteiger partial charge in [-0.15, -0.1) is 0 Å². The number of benzene rings is 1. The highest BCUT2D eigenvalue weighted by molar-refractivity contribution is 7.89. The number of halogens is 4. The summed E-state index contributed by atoms with van der Waals surface area (Å²) in [7, 11) is -4.18. The third-order valence-electron chi connectivity index (χ3n) is 3.86. The predicted molar refractivity (Wildman–Crippen MR) is 86.4 cm³/mol. The van der Waals surface area contributed by atoms with Gasteiger partial charge in [-0.25, -0.2) is 8.42 Å². The average molecular weight is 391 g/mol. The summed E-state index contributed by atoms with van der Waals surface area (Å²) in [6, 6.07) is 5.47. The number of rotatable bonds is 5. The Balaban J connectivity index is 2.01. The number of nitrogens with zero attached hydrogens (tertiary/aromatic N) is 2. The SMILES string of the molecule is O=S(=O)(c1cc(C(F)(F)F)ccc1Cl)N(Cc1cccnc1)C1CC1. The average Bonchev–Trinajstić information content (AvgIpc) is 3.37. The van der Waals surface area contributed by atoms with Crippen LogP contribution in [0.2, 0.25) is 5.02 Å². The molecule has 0 aliphatic heterocycles. The first-order valence-corrected chi connectivity index (χ1v) is 9.29. The molecule has 1 aliphatic rings. The lowest BCUT2D eigenvalue weighted by molar-refractivity contribution is -0.137. The van der Waals surface area contributed by atoms with Crippen LogP contribution in [-0.2, 0) is 22.7 Å². The van der Waals surface area contributed by atoms with Gasteiger partial charge in [-0.1, -0.05) is 17.7 Å². The van der Waals surface area contributed by atoms with Crippen molar-refractivity contribution in [3.8, 4) is 0 Å². The molecule has 1 fully saturated rings. The van der Waals surface area contributed by atoms with Gasteiger partial charge in [0.05, 0.1) is 10.6 Å². The maximum absolute atomic E-state index is 13.0. The second kappa shape index (κ2) is 6.59. The molecule has 0 amide bonds. The van der Waals surface area contributed by atoms with Gasteiger partial charge < -0.3 is 0 Å². The van der Waals surface area contributed by atoms with Gasteiger partial charge in [-0.3, -0.25) is 4.98 Å². The molecule has 134 valence electrons. The Morgan fingerprint density at radius 1 is 1.24 bits per heavy atom. The van der Waals surface area contributed by atoms with Crippen molar-refractivity contribution < 1.29 is 21.6 Å². The molecule has 2 aromatic rings. The molecule has 0 saturated heterocycles. The molecule has 25 heavy (non-hydrogen) atoms. The van der Waals surface area contributed by atoms with Gasteiger partial charge in [0.15, 0.2) is 0 Å². The summed E-state index contributed by atoms with van der Waals surface area (Å²) in [4.78, 5) is 3.41. The molecule has 1 aromatic carbocycles. The van der Waals surface area contributed by atoms with Gasteiger partial charge >= 0.3 is 6.18 Å². The van der Waals surface area contributed by atoms with E-state index in [4.69, 9.17) is 11.6 Å². The van der Waals surface area contributed by atoms with Crippen molar-refractivity contribution in [3.63, 3.8) is 0 Å². The van der Waals surface area contributed by atoms with E-state index in [9.17, 15) is 21.6 Å². The molecule has 1 saturated carbocycles. The Morgan fingerprint density at radius 3 is 2.52 bits per heavy atom. The van der Waals surface area contributed by atoms with Crippen LogP contribution >= 0.6 is 11.6 Å². The third-order valence-corrected chi connectivity index (χ3v) is 6.24. The number of hydrogen-bond acceptors (Lipinski definition) is 3. The summed E-state index contributed by atoms with van der Waals surface area (Å²) in [6.45, 7) is 0.0351. The summed E-state index contributed by atoms with van der Waals surface area (Å²) >= 11 is 5.92. The minimum atomic E-state index is -4.65. The lowest BCUT2D eigenvalue weighted by atomic mass is 10.2. The fourth-order valence-electron chi connectivity index (χ4n) is 2.45. The first-order chi connectivity index (χ1) is 11.7. The van der Waals surface area contributed by atoms with E-state index in [1.807, 2.05) is 0 Å². The molecule has 0 atom stereocenters. The number of hydrogen-bond donors (Lipinski definition) is 0. The largest absolute Gasteiger partial charge is 0.416 e. The van der Waals surface area contributed by atoms with E-state index in [0.717, 1.165) is 12.1 Å². The van der Waals surface area contributed by atoms with E-state index in [1.54, 1.807) is 18.3 Å². The van der Waals surface area contributed by atoms with Crippen LogP contribution in [0.1, 0.15) is 24.0 Å². The molecule has 0 spiro atoms. The molecule has 0 radical (unpaired) electrons. The fraction of sp³-hybridized carbons (Fsp3) is 0.312. The molecule has 3 rings (SSSR count). The molecule has 4 nitrogen and oxygen atoms in total. The fourth-order valence-corrected chi connectivity index (χ4v) is 4.62. The van der Waals surface area contributed by atoms with Crippen LogP contribution < -0.4 is 0 Å². The van der Waals surface area contributed by atoms with Crippen molar-refractivity contribution in [2.45, 2.75) is 36.5 Å². The van der Waals surface area contributed by atoms with Gasteiger partial charge in [0, 0.05) is 25.0 Å². The summed E-state index contributed by atoms with van der Waals surface area (Å²) in [5, 5.41) is -0.232. The zero-order valence-electron chi connectivity index (χ0n) is 12.9. The Morgan fingerprint density at radius 2 is 1.96 bits per heavy atom. The minimum Gasteiger partial charge on any atom is -0.264 e. The lowest BCUT2D eigenvalue weighted by Crippen LogP contribution is -2.33. The van der Waals surface area contributed by atoms with Crippen LogP contribution in [0.25, 0.3) is 0 Å². The zero-order valence-corrected chi connectivity index (χ0v) is 14.4. The highest BCUT2D eigenvalue weighted by Gasteiger charge is 2.40. The molecule has 0 N–H and O–H groups in total. The summed E-state index contributed by atoms with van der Waals surface area (Å²) in [5.41, 5.74) is -0.395. The van der Waals surface area contributed by atoms with Crippen LogP contribution in [0.3, 0.4) is 0 Å². The monoisotopic (exact) mass is 390 g/mol. The molecule has 1 aromatic heterocycles. The highest BCUT2D eigenvalue weighted by atomic mass is 35.5.